The summed E-state index contributed by atoms with van der Waals surface area (Å²) in [4.78, 5) is 57.4. The number of allylic oxidation sites excluding steroid dienone is 1. The normalized spacial score (nSPS) is 30.1. The van der Waals surface area contributed by atoms with Gasteiger partial charge in [0.15, 0.2) is 0 Å². The van der Waals surface area contributed by atoms with Crippen molar-refractivity contribution >= 4 is 44.6 Å². The second kappa shape index (κ2) is 14.7. The summed E-state index contributed by atoms with van der Waals surface area (Å²) in [6.07, 6.45) is 5.48. The number of nitrogens with zero attached hydrogens (tertiary/aromatic N) is 3. The summed E-state index contributed by atoms with van der Waals surface area (Å²) >= 11 is 0. The van der Waals surface area contributed by atoms with Gasteiger partial charge in [0.2, 0.25) is 33.6 Å². The zero-order valence-corrected chi connectivity index (χ0v) is 31.9. The molecule has 4 amide bonds. The van der Waals surface area contributed by atoms with Crippen molar-refractivity contribution in [2.24, 2.45) is 17.8 Å². The molecule has 53 heavy (non-hydrogen) atoms. The van der Waals surface area contributed by atoms with Crippen LogP contribution in [0.15, 0.2) is 36.4 Å². The lowest BCUT2D eigenvalue weighted by Gasteiger charge is -2.33. The number of carbonyl (C=O) groups excluding carboxylic acids is 4. The maximum Gasteiger partial charge on any atom is 0.408 e. The topological polar surface area (TPSA) is 195 Å². The Balaban J connectivity index is 0.00000280. The molecular weight excluding hydrogens is 705 g/mol. The van der Waals surface area contributed by atoms with Crippen LogP contribution in [0.1, 0.15) is 83.8 Å². The number of ether oxygens (including phenoxy) is 3. The van der Waals surface area contributed by atoms with Gasteiger partial charge in [0.05, 0.1) is 29.7 Å². The fraction of sp³-hybridized carbons (Fsp3) is 0.622. The van der Waals surface area contributed by atoms with Crippen LogP contribution < -0.4 is 24.8 Å². The third-order valence-corrected chi connectivity index (χ3v) is 12.2. The van der Waals surface area contributed by atoms with Crippen LogP contribution in [-0.2, 0) is 29.1 Å². The van der Waals surface area contributed by atoms with Crippen molar-refractivity contribution in [3.63, 3.8) is 0 Å². The van der Waals surface area contributed by atoms with Gasteiger partial charge in [0.1, 0.15) is 29.3 Å². The lowest BCUT2D eigenvalue weighted by Crippen LogP contribution is -2.59. The Morgan fingerprint density at radius 1 is 1.04 bits per heavy atom. The zero-order valence-electron chi connectivity index (χ0n) is 31.1. The predicted molar refractivity (Wildman–Crippen MR) is 201 cm³/mol. The van der Waals surface area contributed by atoms with Gasteiger partial charge < -0.3 is 29.7 Å². The Bertz CT molecular complexity index is 1910. The number of hydrogen-bond acceptors (Lipinski definition) is 11. The van der Waals surface area contributed by atoms with E-state index in [1.807, 2.05) is 37.3 Å². The van der Waals surface area contributed by atoms with Crippen molar-refractivity contribution in [2.75, 3.05) is 13.7 Å². The van der Waals surface area contributed by atoms with Crippen molar-refractivity contribution in [2.45, 2.75) is 114 Å². The molecular formula is C37H56N6O9S. The number of fused-ring (bicyclic) bond motifs is 3. The van der Waals surface area contributed by atoms with E-state index in [9.17, 15) is 27.6 Å². The maximum atomic E-state index is 14.7. The second-order valence-electron chi connectivity index (χ2n) is 15.9. The summed E-state index contributed by atoms with van der Waals surface area (Å²) in [5.41, 5.74) is -2.34. The standard InChI is InChI=1S/C37H50N6O9S.3H2/c1-21-11-7-8-12-23-19-37(23,34(46)42-53(48,49)25-15-16-25)39-30(44)28-18-24(51-32-27-14-10-9-13-26(27)31(50-6)40-41-32)20-43(28)33(45)29(22(2)17-21)38-35(47)52-36(3,4)5;;;/h8-10,12-14,21-25,28-29H,7,11,15-20H2,1-6H3,(H,38,47)(H,39,44)(H,42,46);3*1H/b12-8-;;;/t21-,22-,23-,24-,28+,29+,37-;;;/m1.../s1. The number of methoxy groups -OCH3 is 1. The van der Waals surface area contributed by atoms with Crippen molar-refractivity contribution < 1.29 is 46.1 Å². The lowest BCUT2D eigenvalue weighted by atomic mass is 9.88. The van der Waals surface area contributed by atoms with E-state index in [2.05, 4.69) is 32.5 Å². The largest absolute Gasteiger partial charge is 0.479 e. The van der Waals surface area contributed by atoms with Crippen LogP contribution in [0.25, 0.3) is 10.8 Å². The maximum absolute atomic E-state index is 14.7. The number of aromatic nitrogens is 2. The third-order valence-electron chi connectivity index (χ3n) is 10.4. The van der Waals surface area contributed by atoms with Crippen LogP contribution in [0.4, 0.5) is 4.79 Å². The van der Waals surface area contributed by atoms with Gasteiger partial charge in [-0.15, -0.1) is 10.2 Å². The Kier molecular flexibility index (Phi) is 10.6. The molecule has 0 unspecified atom stereocenters. The van der Waals surface area contributed by atoms with E-state index in [4.69, 9.17) is 14.2 Å². The van der Waals surface area contributed by atoms with Gasteiger partial charge in [-0.1, -0.05) is 38.1 Å². The first-order valence-corrected chi connectivity index (χ1v) is 19.9. The van der Waals surface area contributed by atoms with E-state index in [1.54, 1.807) is 26.8 Å². The Hall–Kier alpha value is -4.47. The lowest BCUT2D eigenvalue weighted by molar-refractivity contribution is -0.142. The van der Waals surface area contributed by atoms with E-state index in [-0.39, 0.29) is 41.4 Å². The molecule has 3 N–H and O–H groups in total. The molecule has 16 heteroatoms. The Morgan fingerprint density at radius 2 is 1.72 bits per heavy atom. The average molecular weight is 761 g/mol. The second-order valence-corrected chi connectivity index (χ2v) is 17.9. The molecule has 2 aliphatic carbocycles. The number of sulfonamides is 1. The molecule has 2 aliphatic heterocycles. The first-order chi connectivity index (χ1) is 25.0. The molecule has 6 rings (SSSR count). The molecule has 2 saturated carbocycles. The van der Waals surface area contributed by atoms with Crippen molar-refractivity contribution in [3.8, 4) is 11.8 Å². The highest BCUT2D eigenvalue weighted by atomic mass is 32.2. The Labute approximate surface area is 314 Å². The highest BCUT2D eigenvalue weighted by Gasteiger charge is 2.62. The van der Waals surface area contributed by atoms with Gasteiger partial charge >= 0.3 is 6.09 Å². The molecule has 1 aromatic heterocycles. The molecule has 7 atom stereocenters. The molecule has 3 fully saturated rings. The number of nitrogens with one attached hydrogen (secondary N) is 3. The highest BCUT2D eigenvalue weighted by molar-refractivity contribution is 7.91. The number of carbonyl (C=O) groups is 4. The first-order valence-electron chi connectivity index (χ1n) is 18.3. The molecule has 4 aliphatic rings. The van der Waals surface area contributed by atoms with Crippen LogP contribution in [-0.4, -0.2) is 95.6 Å². The van der Waals surface area contributed by atoms with E-state index in [0.717, 1.165) is 6.42 Å². The number of hydrogen-bond donors (Lipinski definition) is 3. The van der Waals surface area contributed by atoms with Gasteiger partial charge in [0.25, 0.3) is 5.91 Å². The summed E-state index contributed by atoms with van der Waals surface area (Å²) in [5, 5.41) is 14.7. The van der Waals surface area contributed by atoms with Crippen LogP contribution >= 0.6 is 0 Å². The molecule has 0 radical (unpaired) electrons. The molecule has 2 aromatic rings. The number of rotatable bonds is 7. The van der Waals surface area contributed by atoms with E-state index < -0.39 is 74.3 Å². The summed E-state index contributed by atoms with van der Waals surface area (Å²) in [5.74, 6) is -2.11. The quantitative estimate of drug-likeness (QED) is 0.344. The third kappa shape index (κ3) is 8.52. The smallest absolute Gasteiger partial charge is 0.408 e. The van der Waals surface area contributed by atoms with Gasteiger partial charge in [-0.25, -0.2) is 13.2 Å². The monoisotopic (exact) mass is 760 g/mol. The fourth-order valence-electron chi connectivity index (χ4n) is 7.38. The molecule has 15 nitrogen and oxygen atoms in total. The zero-order chi connectivity index (χ0) is 38.3. The van der Waals surface area contributed by atoms with Gasteiger partial charge in [-0.05, 0) is 83.3 Å². The van der Waals surface area contributed by atoms with Gasteiger partial charge in [-0.3, -0.25) is 19.1 Å². The average Bonchev–Trinajstić information content (AvgIpc) is 4.01. The molecule has 1 aromatic carbocycles. The van der Waals surface area contributed by atoms with Gasteiger partial charge in [0, 0.05) is 16.6 Å². The minimum Gasteiger partial charge on any atom is -0.479 e. The Morgan fingerprint density at radius 3 is 2.38 bits per heavy atom. The van der Waals surface area contributed by atoms with E-state index in [1.165, 1.54) is 12.0 Å². The molecule has 0 spiro atoms. The van der Waals surface area contributed by atoms with Crippen LogP contribution in [0.2, 0.25) is 0 Å². The van der Waals surface area contributed by atoms with Crippen molar-refractivity contribution in [1.82, 2.24) is 30.5 Å². The summed E-state index contributed by atoms with van der Waals surface area (Å²) in [6, 6.07) is 5.06. The first kappa shape index (κ1) is 38.3. The molecule has 3 heterocycles. The SMILES string of the molecule is COc1nnc(O[C@@H]2C[C@H]3C(=O)N[C@]4(C(=O)NS(=O)(=O)C5CC5)C[C@H]4/C=C\CC[C@@H](C)C[C@@H](C)[C@H](NC(=O)OC(C)(C)C)C(=O)N3C2)c2ccccc12.[HH].[HH].[HH]. The predicted octanol–water partition coefficient (Wildman–Crippen LogP) is 4.11. The van der Waals surface area contributed by atoms with E-state index in [0.29, 0.717) is 42.3 Å². The molecule has 1 saturated heterocycles. The van der Waals surface area contributed by atoms with Crippen LogP contribution in [0, 0.1) is 17.8 Å². The van der Waals surface area contributed by atoms with E-state index >= 15 is 0 Å². The van der Waals surface area contributed by atoms with Crippen molar-refractivity contribution in [1.29, 1.82) is 0 Å². The van der Waals surface area contributed by atoms with Crippen LogP contribution in [0.3, 0.4) is 0 Å². The molecule has 0 bridgehead atoms. The van der Waals surface area contributed by atoms with Crippen molar-refractivity contribution in [3.05, 3.63) is 36.4 Å². The van der Waals surface area contributed by atoms with Gasteiger partial charge in [-0.2, -0.15) is 0 Å². The number of benzene rings is 1. The number of amides is 4. The number of alkyl carbamates (subject to hydrolysis) is 1. The van der Waals surface area contributed by atoms with Crippen LogP contribution in [0.5, 0.6) is 11.8 Å². The summed E-state index contributed by atoms with van der Waals surface area (Å²) < 4.78 is 45.2. The molecule has 294 valence electrons. The fourth-order valence-corrected chi connectivity index (χ4v) is 8.75. The summed E-state index contributed by atoms with van der Waals surface area (Å²) in [7, 11) is -2.41. The summed E-state index contributed by atoms with van der Waals surface area (Å²) in [6.45, 7) is 9.09. The highest BCUT2D eigenvalue weighted by Crippen LogP contribution is 2.46. The minimum atomic E-state index is -3.90. The minimum absolute atomic E-state index is 0.